The Labute approximate surface area is 138 Å². The number of carbonyl (C=O) groups is 1. The van der Waals surface area contributed by atoms with Crippen molar-refractivity contribution < 1.29 is 9.21 Å². The quantitative estimate of drug-likeness (QED) is 0.755. The summed E-state index contributed by atoms with van der Waals surface area (Å²) in [5, 5.41) is 12.7. The highest BCUT2D eigenvalue weighted by atomic mass is 32.1. The number of thiophene rings is 1. The number of aromatic nitrogens is 2. The Balaban J connectivity index is 1.53. The van der Waals surface area contributed by atoms with E-state index < -0.39 is 0 Å². The van der Waals surface area contributed by atoms with E-state index in [1.807, 2.05) is 29.6 Å². The number of aryl methyl sites for hydroxylation is 1. The van der Waals surface area contributed by atoms with Gasteiger partial charge in [0.15, 0.2) is 0 Å². The van der Waals surface area contributed by atoms with Crippen molar-refractivity contribution in [2.24, 2.45) is 0 Å². The molecule has 0 unspecified atom stereocenters. The van der Waals surface area contributed by atoms with Crippen LogP contribution in [0.5, 0.6) is 0 Å². The lowest BCUT2D eigenvalue weighted by Gasteiger charge is -2.04. The van der Waals surface area contributed by atoms with E-state index >= 15 is 0 Å². The standard InChI is InChI=1S/C17H17N3O2S/c1-2-12-5-7-13(8-6-12)11-18-15(21)10-16-19-20-17(22-16)14-4-3-9-23-14/h3-9H,2,10-11H2,1H3,(H,18,21). The van der Waals surface area contributed by atoms with Gasteiger partial charge in [-0.25, -0.2) is 0 Å². The Bertz CT molecular complexity index is 764. The van der Waals surface area contributed by atoms with Gasteiger partial charge in [0.25, 0.3) is 5.89 Å². The van der Waals surface area contributed by atoms with Crippen LogP contribution in [0.1, 0.15) is 23.9 Å². The van der Waals surface area contributed by atoms with Crippen molar-refractivity contribution in [2.45, 2.75) is 26.3 Å². The second-order valence-electron chi connectivity index (χ2n) is 5.10. The van der Waals surface area contributed by atoms with E-state index in [0.717, 1.165) is 16.9 Å². The predicted octanol–water partition coefficient (Wildman–Crippen LogP) is 3.22. The Morgan fingerprint density at radius 3 is 2.65 bits per heavy atom. The molecule has 0 saturated carbocycles. The average Bonchev–Trinajstić information content (AvgIpc) is 3.24. The summed E-state index contributed by atoms with van der Waals surface area (Å²) in [6.45, 7) is 2.61. The number of benzene rings is 1. The van der Waals surface area contributed by atoms with Crippen LogP contribution in [0.15, 0.2) is 46.2 Å². The molecule has 0 bridgehead atoms. The fraction of sp³-hybridized carbons (Fsp3) is 0.235. The first-order chi connectivity index (χ1) is 11.2. The minimum absolute atomic E-state index is 0.0887. The minimum Gasteiger partial charge on any atom is -0.419 e. The van der Waals surface area contributed by atoms with Gasteiger partial charge in [0.2, 0.25) is 11.8 Å². The molecule has 0 saturated heterocycles. The SMILES string of the molecule is CCc1ccc(CNC(=O)Cc2nnc(-c3cccs3)o2)cc1. The molecule has 5 nitrogen and oxygen atoms in total. The Hall–Kier alpha value is -2.47. The Morgan fingerprint density at radius 2 is 1.96 bits per heavy atom. The third-order valence-corrected chi connectivity index (χ3v) is 4.29. The molecule has 1 amide bonds. The smallest absolute Gasteiger partial charge is 0.257 e. The molecule has 1 N–H and O–H groups in total. The van der Waals surface area contributed by atoms with Gasteiger partial charge in [0, 0.05) is 6.54 Å². The highest BCUT2D eigenvalue weighted by molar-refractivity contribution is 7.13. The van der Waals surface area contributed by atoms with Crippen LogP contribution in [0, 0.1) is 0 Å². The van der Waals surface area contributed by atoms with Gasteiger partial charge in [-0.05, 0) is 29.0 Å². The summed E-state index contributed by atoms with van der Waals surface area (Å²) in [7, 11) is 0. The number of hydrogen-bond donors (Lipinski definition) is 1. The van der Waals surface area contributed by atoms with Gasteiger partial charge in [-0.15, -0.1) is 21.5 Å². The minimum atomic E-state index is -0.133. The summed E-state index contributed by atoms with van der Waals surface area (Å²) in [5.74, 6) is 0.649. The number of nitrogens with zero attached hydrogens (tertiary/aromatic N) is 2. The lowest BCUT2D eigenvalue weighted by Crippen LogP contribution is -2.24. The van der Waals surface area contributed by atoms with Gasteiger partial charge in [-0.3, -0.25) is 4.79 Å². The second-order valence-corrected chi connectivity index (χ2v) is 6.05. The number of hydrogen-bond acceptors (Lipinski definition) is 5. The summed E-state index contributed by atoms with van der Waals surface area (Å²) in [5.41, 5.74) is 2.35. The molecule has 3 rings (SSSR count). The largest absolute Gasteiger partial charge is 0.419 e. The molecule has 0 aliphatic rings. The topological polar surface area (TPSA) is 68.0 Å². The van der Waals surface area contributed by atoms with Crippen molar-refractivity contribution >= 4 is 17.2 Å². The highest BCUT2D eigenvalue weighted by Crippen LogP contribution is 2.22. The molecule has 118 valence electrons. The van der Waals surface area contributed by atoms with Crippen LogP contribution in [0.4, 0.5) is 0 Å². The van der Waals surface area contributed by atoms with E-state index in [1.165, 1.54) is 16.9 Å². The van der Waals surface area contributed by atoms with Crippen molar-refractivity contribution in [2.75, 3.05) is 0 Å². The first-order valence-electron chi connectivity index (χ1n) is 7.45. The summed E-state index contributed by atoms with van der Waals surface area (Å²) >= 11 is 1.52. The van der Waals surface area contributed by atoms with Crippen LogP contribution < -0.4 is 5.32 Å². The summed E-state index contributed by atoms with van der Waals surface area (Å²) in [6, 6.07) is 12.0. The van der Waals surface area contributed by atoms with Crippen LogP contribution in [-0.2, 0) is 24.2 Å². The van der Waals surface area contributed by atoms with Gasteiger partial charge in [0.05, 0.1) is 4.88 Å². The Kier molecular flexibility index (Phi) is 4.83. The van der Waals surface area contributed by atoms with E-state index in [-0.39, 0.29) is 12.3 Å². The molecule has 6 heteroatoms. The molecule has 1 aromatic carbocycles. The monoisotopic (exact) mass is 327 g/mol. The van der Waals surface area contributed by atoms with E-state index in [9.17, 15) is 4.79 Å². The molecule has 0 atom stereocenters. The van der Waals surface area contributed by atoms with Crippen molar-refractivity contribution in [3.8, 4) is 10.8 Å². The first kappa shape index (κ1) is 15.4. The Morgan fingerprint density at radius 1 is 1.17 bits per heavy atom. The normalized spacial score (nSPS) is 10.7. The van der Waals surface area contributed by atoms with Crippen LogP contribution >= 0.6 is 11.3 Å². The summed E-state index contributed by atoms with van der Waals surface area (Å²) in [4.78, 5) is 12.9. The highest BCUT2D eigenvalue weighted by Gasteiger charge is 2.12. The lowest BCUT2D eigenvalue weighted by atomic mass is 10.1. The maximum atomic E-state index is 12.0. The maximum Gasteiger partial charge on any atom is 0.257 e. The van der Waals surface area contributed by atoms with E-state index in [2.05, 4.69) is 34.6 Å². The van der Waals surface area contributed by atoms with Crippen LogP contribution in [0.3, 0.4) is 0 Å². The third-order valence-electron chi connectivity index (χ3n) is 3.43. The number of rotatable bonds is 6. The van der Waals surface area contributed by atoms with Crippen molar-refractivity contribution in [3.63, 3.8) is 0 Å². The summed E-state index contributed by atoms with van der Waals surface area (Å²) < 4.78 is 5.51. The molecule has 3 aromatic rings. The van der Waals surface area contributed by atoms with Crippen LogP contribution in [0.2, 0.25) is 0 Å². The first-order valence-corrected chi connectivity index (χ1v) is 8.33. The van der Waals surface area contributed by atoms with Crippen LogP contribution in [-0.4, -0.2) is 16.1 Å². The fourth-order valence-electron chi connectivity index (χ4n) is 2.12. The molecule has 0 aliphatic heterocycles. The van der Waals surface area contributed by atoms with Crippen molar-refractivity contribution in [1.82, 2.24) is 15.5 Å². The van der Waals surface area contributed by atoms with E-state index in [0.29, 0.717) is 18.3 Å². The molecule has 0 spiro atoms. The van der Waals surface area contributed by atoms with Gasteiger partial charge >= 0.3 is 0 Å². The number of nitrogens with one attached hydrogen (secondary N) is 1. The molecule has 2 aromatic heterocycles. The van der Waals surface area contributed by atoms with Crippen LogP contribution in [0.25, 0.3) is 10.8 Å². The molecule has 2 heterocycles. The molecule has 0 radical (unpaired) electrons. The zero-order chi connectivity index (χ0) is 16.1. The fourth-order valence-corrected chi connectivity index (χ4v) is 2.76. The zero-order valence-electron chi connectivity index (χ0n) is 12.8. The molecular formula is C17H17N3O2S. The van der Waals surface area contributed by atoms with Gasteiger partial charge in [0.1, 0.15) is 6.42 Å². The average molecular weight is 327 g/mol. The van der Waals surface area contributed by atoms with Crippen molar-refractivity contribution in [3.05, 3.63) is 58.8 Å². The number of carbonyl (C=O) groups excluding carboxylic acids is 1. The zero-order valence-corrected chi connectivity index (χ0v) is 13.6. The van der Waals surface area contributed by atoms with Gasteiger partial charge < -0.3 is 9.73 Å². The summed E-state index contributed by atoms with van der Waals surface area (Å²) in [6.07, 6.45) is 1.10. The molecule has 0 fully saturated rings. The number of amides is 1. The molecule has 0 aliphatic carbocycles. The van der Waals surface area contributed by atoms with Gasteiger partial charge in [-0.2, -0.15) is 0 Å². The second kappa shape index (κ2) is 7.19. The molecule has 23 heavy (non-hydrogen) atoms. The van der Waals surface area contributed by atoms with Crippen molar-refractivity contribution in [1.29, 1.82) is 0 Å². The maximum absolute atomic E-state index is 12.0. The third kappa shape index (κ3) is 4.04. The molecular weight excluding hydrogens is 310 g/mol. The lowest BCUT2D eigenvalue weighted by molar-refractivity contribution is -0.120. The van der Waals surface area contributed by atoms with Gasteiger partial charge in [-0.1, -0.05) is 37.3 Å². The predicted molar refractivity (Wildman–Crippen MR) is 89.0 cm³/mol. The van der Waals surface area contributed by atoms with E-state index in [1.54, 1.807) is 0 Å². The van der Waals surface area contributed by atoms with E-state index in [4.69, 9.17) is 4.42 Å².